The van der Waals surface area contributed by atoms with Crippen molar-refractivity contribution in [3.05, 3.63) is 11.6 Å². The van der Waals surface area contributed by atoms with Crippen LogP contribution in [0.1, 0.15) is 33.1 Å². The fourth-order valence-corrected chi connectivity index (χ4v) is 1.51. The van der Waals surface area contributed by atoms with Gasteiger partial charge in [-0.15, -0.1) is 0 Å². The number of carbonyl (C=O) groups is 1. The molecule has 0 radical (unpaired) electrons. The van der Waals surface area contributed by atoms with Crippen LogP contribution in [-0.2, 0) is 4.79 Å². The molecule has 1 rings (SSSR count). The summed E-state index contributed by atoms with van der Waals surface area (Å²) in [6.45, 7) is 4.24. The summed E-state index contributed by atoms with van der Waals surface area (Å²) >= 11 is 0. The Morgan fingerprint density at radius 2 is 2.40 bits per heavy atom. The fraction of sp³-hybridized carbons (Fsp3) is 0.667. The van der Waals surface area contributed by atoms with E-state index in [-0.39, 0.29) is 0 Å². The Bertz CT molecular complexity index is 168. The molecular weight excluding hydrogens is 124 g/mol. The molecule has 1 unspecified atom stereocenters. The lowest BCUT2D eigenvalue weighted by Crippen LogP contribution is -2.11. The van der Waals surface area contributed by atoms with Crippen molar-refractivity contribution in [3.8, 4) is 0 Å². The van der Waals surface area contributed by atoms with Gasteiger partial charge in [-0.05, 0) is 31.8 Å². The van der Waals surface area contributed by atoms with Crippen molar-refractivity contribution in [2.45, 2.75) is 33.1 Å². The molecule has 0 aromatic heterocycles. The SMILES string of the molecule is CCC1CCC(=O)C=C1C. The summed E-state index contributed by atoms with van der Waals surface area (Å²) in [7, 11) is 0. The first-order valence-corrected chi connectivity index (χ1v) is 3.95. The lowest BCUT2D eigenvalue weighted by atomic mass is 9.86. The third-order valence-electron chi connectivity index (χ3n) is 2.26. The zero-order chi connectivity index (χ0) is 7.56. The summed E-state index contributed by atoms with van der Waals surface area (Å²) in [5.41, 5.74) is 1.28. The largest absolute Gasteiger partial charge is 0.295 e. The third-order valence-corrected chi connectivity index (χ3v) is 2.26. The van der Waals surface area contributed by atoms with Crippen LogP contribution in [0.5, 0.6) is 0 Å². The standard InChI is InChI=1S/C9H14O/c1-3-8-4-5-9(10)6-7(8)2/h6,8H,3-5H2,1-2H3. The highest BCUT2D eigenvalue weighted by Gasteiger charge is 2.15. The first-order chi connectivity index (χ1) is 4.74. The number of carbonyl (C=O) groups excluding carboxylic acids is 1. The van der Waals surface area contributed by atoms with Gasteiger partial charge in [-0.3, -0.25) is 4.79 Å². The lowest BCUT2D eigenvalue weighted by Gasteiger charge is -2.18. The van der Waals surface area contributed by atoms with E-state index in [9.17, 15) is 4.79 Å². The summed E-state index contributed by atoms with van der Waals surface area (Å²) in [5, 5.41) is 0. The number of ketones is 1. The van der Waals surface area contributed by atoms with Crippen molar-refractivity contribution in [2.24, 2.45) is 5.92 Å². The Kier molecular flexibility index (Phi) is 2.25. The predicted molar refractivity (Wildman–Crippen MR) is 41.8 cm³/mol. The summed E-state index contributed by atoms with van der Waals surface area (Å²) in [6, 6.07) is 0. The average Bonchev–Trinajstić information content (AvgIpc) is 1.88. The third kappa shape index (κ3) is 1.47. The van der Waals surface area contributed by atoms with Crippen molar-refractivity contribution in [3.63, 3.8) is 0 Å². The second kappa shape index (κ2) is 3.00. The molecule has 56 valence electrons. The van der Waals surface area contributed by atoms with Gasteiger partial charge in [0.1, 0.15) is 0 Å². The van der Waals surface area contributed by atoms with Gasteiger partial charge in [0.2, 0.25) is 0 Å². The zero-order valence-electron chi connectivity index (χ0n) is 6.68. The van der Waals surface area contributed by atoms with Crippen LogP contribution >= 0.6 is 0 Å². The normalized spacial score (nSPS) is 26.4. The molecule has 0 saturated heterocycles. The predicted octanol–water partition coefficient (Wildman–Crippen LogP) is 2.32. The highest BCUT2D eigenvalue weighted by Crippen LogP contribution is 2.24. The summed E-state index contributed by atoms with van der Waals surface area (Å²) in [4.78, 5) is 10.9. The van der Waals surface area contributed by atoms with E-state index >= 15 is 0 Å². The van der Waals surface area contributed by atoms with Gasteiger partial charge in [0, 0.05) is 6.42 Å². The fourth-order valence-electron chi connectivity index (χ4n) is 1.51. The van der Waals surface area contributed by atoms with Crippen LogP contribution in [0.2, 0.25) is 0 Å². The van der Waals surface area contributed by atoms with Crippen molar-refractivity contribution < 1.29 is 4.79 Å². The molecule has 0 amide bonds. The second-order valence-electron chi connectivity index (χ2n) is 3.00. The molecule has 1 atom stereocenters. The van der Waals surface area contributed by atoms with Crippen LogP contribution in [0.15, 0.2) is 11.6 Å². The lowest BCUT2D eigenvalue weighted by molar-refractivity contribution is -0.115. The van der Waals surface area contributed by atoms with E-state index in [1.165, 1.54) is 12.0 Å². The van der Waals surface area contributed by atoms with Gasteiger partial charge in [-0.2, -0.15) is 0 Å². The van der Waals surface area contributed by atoms with Crippen molar-refractivity contribution in [1.82, 2.24) is 0 Å². The summed E-state index contributed by atoms with van der Waals surface area (Å²) in [6.07, 6.45) is 4.81. The maximum absolute atomic E-state index is 10.9. The van der Waals surface area contributed by atoms with Crippen molar-refractivity contribution in [1.29, 1.82) is 0 Å². The first kappa shape index (κ1) is 7.52. The van der Waals surface area contributed by atoms with Gasteiger partial charge in [-0.1, -0.05) is 12.5 Å². The Balaban J connectivity index is 2.67. The minimum absolute atomic E-state index is 0.308. The molecule has 0 fully saturated rings. The van der Waals surface area contributed by atoms with Gasteiger partial charge >= 0.3 is 0 Å². The van der Waals surface area contributed by atoms with Gasteiger partial charge in [0.05, 0.1) is 0 Å². The van der Waals surface area contributed by atoms with Crippen LogP contribution in [-0.4, -0.2) is 5.78 Å². The molecule has 0 aliphatic heterocycles. The molecule has 0 heterocycles. The van der Waals surface area contributed by atoms with Crippen molar-refractivity contribution in [2.75, 3.05) is 0 Å². The van der Waals surface area contributed by atoms with Crippen LogP contribution in [0.25, 0.3) is 0 Å². The summed E-state index contributed by atoms with van der Waals surface area (Å²) < 4.78 is 0. The molecule has 0 N–H and O–H groups in total. The Labute approximate surface area is 62.1 Å². The topological polar surface area (TPSA) is 17.1 Å². The Hall–Kier alpha value is -0.590. The van der Waals surface area contributed by atoms with Crippen LogP contribution < -0.4 is 0 Å². The van der Waals surface area contributed by atoms with E-state index in [0.717, 1.165) is 12.8 Å². The Morgan fingerprint density at radius 1 is 1.70 bits per heavy atom. The van der Waals surface area contributed by atoms with Gasteiger partial charge < -0.3 is 0 Å². The van der Waals surface area contributed by atoms with E-state index in [0.29, 0.717) is 11.7 Å². The molecule has 1 aliphatic rings. The first-order valence-electron chi connectivity index (χ1n) is 3.95. The molecule has 1 heteroatoms. The van der Waals surface area contributed by atoms with Crippen molar-refractivity contribution >= 4 is 5.78 Å². The number of rotatable bonds is 1. The van der Waals surface area contributed by atoms with E-state index < -0.39 is 0 Å². The van der Waals surface area contributed by atoms with Gasteiger partial charge in [-0.25, -0.2) is 0 Å². The molecule has 0 aromatic rings. The van der Waals surface area contributed by atoms with Gasteiger partial charge in [0.15, 0.2) is 5.78 Å². The minimum atomic E-state index is 0.308. The average molecular weight is 138 g/mol. The molecule has 10 heavy (non-hydrogen) atoms. The highest BCUT2D eigenvalue weighted by molar-refractivity contribution is 5.91. The number of allylic oxidation sites excluding steroid dienone is 2. The molecular formula is C9H14O. The molecule has 0 spiro atoms. The van der Waals surface area contributed by atoms with E-state index in [4.69, 9.17) is 0 Å². The highest BCUT2D eigenvalue weighted by atomic mass is 16.1. The van der Waals surface area contributed by atoms with Crippen LogP contribution in [0, 0.1) is 5.92 Å². The monoisotopic (exact) mass is 138 g/mol. The summed E-state index contributed by atoms with van der Waals surface area (Å²) in [5.74, 6) is 0.986. The van der Waals surface area contributed by atoms with E-state index in [2.05, 4.69) is 13.8 Å². The van der Waals surface area contributed by atoms with Gasteiger partial charge in [0.25, 0.3) is 0 Å². The van der Waals surface area contributed by atoms with E-state index in [1.54, 1.807) is 6.08 Å². The second-order valence-corrected chi connectivity index (χ2v) is 3.00. The molecule has 1 aliphatic carbocycles. The number of hydrogen-bond donors (Lipinski definition) is 0. The maximum atomic E-state index is 10.9. The molecule has 1 nitrogen and oxygen atoms in total. The smallest absolute Gasteiger partial charge is 0.155 e. The zero-order valence-corrected chi connectivity index (χ0v) is 6.68. The van der Waals surface area contributed by atoms with Crippen LogP contribution in [0.4, 0.5) is 0 Å². The minimum Gasteiger partial charge on any atom is -0.295 e. The maximum Gasteiger partial charge on any atom is 0.155 e. The molecule has 0 saturated carbocycles. The number of hydrogen-bond acceptors (Lipinski definition) is 1. The quantitative estimate of drug-likeness (QED) is 0.543. The van der Waals surface area contributed by atoms with Crippen LogP contribution in [0.3, 0.4) is 0 Å². The molecule has 0 bridgehead atoms. The Morgan fingerprint density at radius 3 is 2.90 bits per heavy atom. The van der Waals surface area contributed by atoms with E-state index in [1.807, 2.05) is 0 Å². The molecule has 0 aromatic carbocycles.